The SMILES string of the molecule is O=C(CN1c2cccc3cccc(c23)S1(=O)=O)OCc1nc2ccccc2o1. The Bertz CT molecular complexity index is 1300. The molecule has 0 aliphatic carbocycles. The van der Waals surface area contributed by atoms with Crippen LogP contribution in [0.15, 0.2) is 70.0 Å². The molecule has 140 valence electrons. The zero-order chi connectivity index (χ0) is 19.3. The minimum atomic E-state index is -3.80. The Morgan fingerprint density at radius 2 is 1.82 bits per heavy atom. The van der Waals surface area contributed by atoms with Crippen LogP contribution in [0.2, 0.25) is 0 Å². The molecule has 1 aliphatic rings. The predicted octanol–water partition coefficient (Wildman–Crippen LogP) is 3.23. The third-order valence-electron chi connectivity index (χ3n) is 4.65. The number of esters is 1. The van der Waals surface area contributed by atoms with Gasteiger partial charge in [-0.05, 0) is 29.7 Å². The van der Waals surface area contributed by atoms with E-state index in [9.17, 15) is 13.2 Å². The van der Waals surface area contributed by atoms with Crippen molar-refractivity contribution in [3.05, 3.63) is 66.6 Å². The van der Waals surface area contributed by atoms with Gasteiger partial charge in [0.1, 0.15) is 12.1 Å². The molecule has 0 fully saturated rings. The number of rotatable bonds is 4. The van der Waals surface area contributed by atoms with Crippen molar-refractivity contribution in [3.8, 4) is 0 Å². The zero-order valence-corrected chi connectivity index (χ0v) is 15.3. The lowest BCUT2D eigenvalue weighted by Crippen LogP contribution is -2.33. The summed E-state index contributed by atoms with van der Waals surface area (Å²) in [6.07, 6.45) is 0. The summed E-state index contributed by atoms with van der Waals surface area (Å²) in [6.45, 7) is -0.588. The summed E-state index contributed by atoms with van der Waals surface area (Å²) in [4.78, 5) is 16.8. The van der Waals surface area contributed by atoms with Gasteiger partial charge in [0.2, 0.25) is 5.89 Å². The second kappa shape index (κ2) is 6.07. The molecule has 28 heavy (non-hydrogen) atoms. The number of sulfonamides is 1. The number of para-hydroxylation sites is 2. The van der Waals surface area contributed by atoms with Gasteiger partial charge in [-0.1, -0.05) is 36.4 Å². The number of ether oxygens (including phenoxy) is 1. The first-order chi connectivity index (χ1) is 13.5. The molecule has 2 heterocycles. The average molecular weight is 394 g/mol. The molecule has 0 radical (unpaired) electrons. The Morgan fingerprint density at radius 3 is 2.64 bits per heavy atom. The van der Waals surface area contributed by atoms with Crippen LogP contribution in [0.25, 0.3) is 21.9 Å². The van der Waals surface area contributed by atoms with Crippen LogP contribution in [-0.4, -0.2) is 25.9 Å². The number of benzene rings is 3. The van der Waals surface area contributed by atoms with Crippen molar-refractivity contribution in [2.75, 3.05) is 10.8 Å². The van der Waals surface area contributed by atoms with Gasteiger partial charge in [0.15, 0.2) is 12.2 Å². The van der Waals surface area contributed by atoms with E-state index in [1.165, 1.54) is 0 Å². The highest BCUT2D eigenvalue weighted by molar-refractivity contribution is 7.93. The van der Waals surface area contributed by atoms with E-state index in [2.05, 4.69) is 4.98 Å². The molecule has 5 rings (SSSR count). The van der Waals surface area contributed by atoms with E-state index in [-0.39, 0.29) is 17.4 Å². The summed E-state index contributed by atoms with van der Waals surface area (Å²) in [6, 6.07) is 17.6. The fourth-order valence-electron chi connectivity index (χ4n) is 3.42. The lowest BCUT2D eigenvalue weighted by atomic mass is 10.1. The number of oxazole rings is 1. The molecular weight excluding hydrogens is 380 g/mol. The van der Waals surface area contributed by atoms with Crippen molar-refractivity contribution in [3.63, 3.8) is 0 Å². The number of aromatic nitrogens is 1. The molecule has 4 aromatic rings. The molecule has 0 unspecified atom stereocenters. The lowest BCUT2D eigenvalue weighted by molar-refractivity contribution is -0.143. The number of hydrogen-bond acceptors (Lipinski definition) is 6. The minimum absolute atomic E-state index is 0.168. The predicted molar refractivity (Wildman–Crippen MR) is 102 cm³/mol. The molecule has 0 bridgehead atoms. The zero-order valence-electron chi connectivity index (χ0n) is 14.5. The summed E-state index contributed by atoms with van der Waals surface area (Å²) >= 11 is 0. The smallest absolute Gasteiger partial charge is 0.327 e. The van der Waals surface area contributed by atoms with Crippen LogP contribution >= 0.6 is 0 Å². The number of carbonyl (C=O) groups is 1. The number of nitrogens with zero attached hydrogens (tertiary/aromatic N) is 2. The maximum Gasteiger partial charge on any atom is 0.327 e. The quantitative estimate of drug-likeness (QED) is 0.494. The number of hydrogen-bond donors (Lipinski definition) is 0. The first-order valence-electron chi connectivity index (χ1n) is 8.58. The first-order valence-corrected chi connectivity index (χ1v) is 10.0. The summed E-state index contributed by atoms with van der Waals surface area (Å²) < 4.78 is 37.6. The van der Waals surface area contributed by atoms with Crippen LogP contribution in [0.1, 0.15) is 5.89 Å². The topological polar surface area (TPSA) is 89.7 Å². The van der Waals surface area contributed by atoms with Crippen molar-refractivity contribution in [2.45, 2.75) is 11.5 Å². The molecule has 0 spiro atoms. The monoisotopic (exact) mass is 394 g/mol. The van der Waals surface area contributed by atoms with Gasteiger partial charge in [0.05, 0.1) is 10.6 Å². The summed E-state index contributed by atoms with van der Waals surface area (Å²) in [7, 11) is -3.80. The molecule has 8 heteroatoms. The molecule has 1 aliphatic heterocycles. The molecule has 0 N–H and O–H groups in total. The van der Waals surface area contributed by atoms with Crippen LogP contribution in [-0.2, 0) is 26.2 Å². The average Bonchev–Trinajstić information content (AvgIpc) is 3.20. The third kappa shape index (κ3) is 2.53. The summed E-state index contributed by atoms with van der Waals surface area (Å²) in [5.74, 6) is -0.431. The normalized spacial score (nSPS) is 14.6. The lowest BCUT2D eigenvalue weighted by Gasteiger charge is -2.17. The van der Waals surface area contributed by atoms with Crippen molar-refractivity contribution in [1.29, 1.82) is 0 Å². The standard InChI is InChI=1S/C20H14N2O5S/c23-19(26-12-18-21-14-7-1-2-9-16(14)27-18)11-22-15-8-3-5-13-6-4-10-17(20(13)15)28(22,24)25/h1-10H,11-12H2. The van der Waals surface area contributed by atoms with E-state index in [4.69, 9.17) is 9.15 Å². The van der Waals surface area contributed by atoms with Crippen molar-refractivity contribution in [1.82, 2.24) is 4.98 Å². The Morgan fingerprint density at radius 1 is 1.04 bits per heavy atom. The van der Waals surface area contributed by atoms with Crippen LogP contribution in [0.4, 0.5) is 5.69 Å². The van der Waals surface area contributed by atoms with Crippen LogP contribution in [0, 0.1) is 0 Å². The van der Waals surface area contributed by atoms with Crippen molar-refractivity contribution < 1.29 is 22.4 Å². The summed E-state index contributed by atoms with van der Waals surface area (Å²) in [5, 5.41) is 1.43. The number of anilines is 1. The number of carbonyl (C=O) groups excluding carboxylic acids is 1. The largest absolute Gasteiger partial charge is 0.454 e. The highest BCUT2D eigenvalue weighted by Crippen LogP contribution is 2.41. The van der Waals surface area contributed by atoms with E-state index in [0.717, 1.165) is 9.69 Å². The van der Waals surface area contributed by atoms with E-state index >= 15 is 0 Å². The van der Waals surface area contributed by atoms with E-state index in [1.54, 1.807) is 36.4 Å². The summed E-state index contributed by atoms with van der Waals surface area (Å²) in [5.41, 5.74) is 1.74. The van der Waals surface area contributed by atoms with Crippen LogP contribution in [0.5, 0.6) is 0 Å². The molecule has 0 saturated carbocycles. The van der Waals surface area contributed by atoms with Gasteiger partial charge < -0.3 is 9.15 Å². The Labute approximate surface area is 160 Å². The first kappa shape index (κ1) is 16.8. The molecule has 3 aromatic carbocycles. The maximum absolute atomic E-state index is 12.9. The van der Waals surface area contributed by atoms with Gasteiger partial charge in [-0.25, -0.2) is 13.4 Å². The van der Waals surface area contributed by atoms with Gasteiger partial charge in [-0.3, -0.25) is 9.10 Å². The van der Waals surface area contributed by atoms with Crippen LogP contribution in [0.3, 0.4) is 0 Å². The van der Waals surface area contributed by atoms with Crippen molar-refractivity contribution in [2.24, 2.45) is 0 Å². The second-order valence-electron chi connectivity index (χ2n) is 6.38. The molecule has 0 saturated heterocycles. The molecule has 0 atom stereocenters. The highest BCUT2D eigenvalue weighted by atomic mass is 32.2. The highest BCUT2D eigenvalue weighted by Gasteiger charge is 2.37. The molecule has 7 nitrogen and oxygen atoms in total. The minimum Gasteiger partial charge on any atom is -0.454 e. The molecule has 1 aromatic heterocycles. The number of fused-ring (bicyclic) bond motifs is 1. The fraction of sp³-hybridized carbons (Fsp3) is 0.100. The molecular formula is C20H14N2O5S. The van der Waals surface area contributed by atoms with Gasteiger partial charge in [-0.15, -0.1) is 0 Å². The third-order valence-corrected chi connectivity index (χ3v) is 6.45. The molecule has 0 amide bonds. The van der Waals surface area contributed by atoms with E-state index in [0.29, 0.717) is 22.2 Å². The van der Waals surface area contributed by atoms with Crippen molar-refractivity contribution >= 4 is 43.6 Å². The Balaban J connectivity index is 1.37. The van der Waals surface area contributed by atoms with E-state index < -0.39 is 22.5 Å². The van der Waals surface area contributed by atoms with Gasteiger partial charge in [-0.2, -0.15) is 0 Å². The van der Waals surface area contributed by atoms with Gasteiger partial charge in [0.25, 0.3) is 10.0 Å². The van der Waals surface area contributed by atoms with E-state index in [1.807, 2.05) is 24.3 Å². The Hall–Kier alpha value is -3.39. The fourth-order valence-corrected chi connectivity index (χ4v) is 5.07. The van der Waals surface area contributed by atoms with Gasteiger partial charge >= 0.3 is 5.97 Å². The second-order valence-corrected chi connectivity index (χ2v) is 8.21. The van der Waals surface area contributed by atoms with Gasteiger partial charge in [0, 0.05) is 5.39 Å². The maximum atomic E-state index is 12.9. The van der Waals surface area contributed by atoms with Crippen LogP contribution < -0.4 is 4.31 Å². The Kier molecular flexibility index (Phi) is 3.63.